The van der Waals surface area contributed by atoms with Crippen LogP contribution in [0.15, 0.2) is 42.5 Å². The van der Waals surface area contributed by atoms with Gasteiger partial charge in [0.1, 0.15) is 5.75 Å². The van der Waals surface area contributed by atoms with Crippen molar-refractivity contribution in [2.45, 2.75) is 12.6 Å². The van der Waals surface area contributed by atoms with Crippen molar-refractivity contribution in [3.05, 3.63) is 53.1 Å². The Balaban J connectivity index is 1.86. The van der Waals surface area contributed by atoms with Gasteiger partial charge in [-0.1, -0.05) is 17.7 Å². The second-order valence-electron chi connectivity index (χ2n) is 5.15. The normalized spacial score (nSPS) is 11.1. The minimum Gasteiger partial charge on any atom is -0.495 e. The van der Waals surface area contributed by atoms with Gasteiger partial charge in [-0.05, 0) is 36.4 Å². The van der Waals surface area contributed by atoms with Crippen LogP contribution >= 0.6 is 11.6 Å². The van der Waals surface area contributed by atoms with Crippen LogP contribution in [0.25, 0.3) is 0 Å². The zero-order chi connectivity index (χ0) is 18.4. The number of anilines is 2. The Labute approximate surface area is 147 Å². The number of nitrogens with one attached hydrogen (secondary N) is 2. The molecule has 1 amide bonds. The number of methoxy groups -OCH3 is 1. The molecule has 2 aromatic rings. The summed E-state index contributed by atoms with van der Waals surface area (Å²) >= 11 is 5.97. The molecule has 0 aliphatic rings. The van der Waals surface area contributed by atoms with E-state index in [1.165, 1.54) is 19.2 Å². The van der Waals surface area contributed by atoms with Gasteiger partial charge in [-0.3, -0.25) is 4.79 Å². The molecule has 0 saturated heterocycles. The third-order valence-corrected chi connectivity index (χ3v) is 3.60. The van der Waals surface area contributed by atoms with Gasteiger partial charge < -0.3 is 15.4 Å². The number of benzene rings is 2. The molecule has 0 aliphatic heterocycles. The summed E-state index contributed by atoms with van der Waals surface area (Å²) in [5.41, 5.74) is 0.0693. The zero-order valence-corrected chi connectivity index (χ0v) is 14.0. The Morgan fingerprint density at radius 1 is 1.16 bits per heavy atom. The van der Waals surface area contributed by atoms with Crippen LogP contribution in [0, 0.1) is 0 Å². The van der Waals surface area contributed by atoms with Crippen LogP contribution in [0.4, 0.5) is 24.5 Å². The van der Waals surface area contributed by atoms with Crippen molar-refractivity contribution in [2.24, 2.45) is 0 Å². The lowest BCUT2D eigenvalue weighted by Crippen LogP contribution is -2.16. The Morgan fingerprint density at radius 2 is 1.92 bits per heavy atom. The highest BCUT2D eigenvalue weighted by atomic mass is 35.5. The molecule has 2 N–H and O–H groups in total. The first-order chi connectivity index (χ1) is 11.8. The van der Waals surface area contributed by atoms with Crippen LogP contribution in [0.5, 0.6) is 5.75 Å². The SMILES string of the molecule is COc1ccc(NC(=O)CCNc2cccc(C(F)(F)F)c2)cc1Cl. The smallest absolute Gasteiger partial charge is 0.416 e. The van der Waals surface area contributed by atoms with E-state index in [9.17, 15) is 18.0 Å². The zero-order valence-electron chi connectivity index (χ0n) is 13.3. The fourth-order valence-corrected chi connectivity index (χ4v) is 2.35. The first-order valence-electron chi connectivity index (χ1n) is 7.34. The van der Waals surface area contributed by atoms with Crippen molar-refractivity contribution in [2.75, 3.05) is 24.3 Å². The van der Waals surface area contributed by atoms with Crippen LogP contribution in [0.2, 0.25) is 5.02 Å². The molecular weight excluding hydrogens is 357 g/mol. The molecule has 134 valence electrons. The summed E-state index contributed by atoms with van der Waals surface area (Å²) in [4.78, 5) is 11.9. The number of carbonyl (C=O) groups excluding carboxylic acids is 1. The lowest BCUT2D eigenvalue weighted by Gasteiger charge is -2.11. The monoisotopic (exact) mass is 372 g/mol. The summed E-state index contributed by atoms with van der Waals surface area (Å²) in [5.74, 6) is 0.201. The average Bonchev–Trinajstić information content (AvgIpc) is 2.54. The Hall–Kier alpha value is -2.41. The predicted molar refractivity (Wildman–Crippen MR) is 91.2 cm³/mol. The van der Waals surface area contributed by atoms with E-state index in [0.29, 0.717) is 22.1 Å². The molecule has 8 heteroatoms. The van der Waals surface area contributed by atoms with Crippen LogP contribution in [-0.2, 0) is 11.0 Å². The first kappa shape index (κ1) is 18.9. The first-order valence-corrected chi connectivity index (χ1v) is 7.72. The Kier molecular flexibility index (Phi) is 6.14. The van der Waals surface area contributed by atoms with Gasteiger partial charge in [-0.25, -0.2) is 0 Å². The molecule has 0 heterocycles. The summed E-state index contributed by atoms with van der Waals surface area (Å²) in [7, 11) is 1.49. The Bertz CT molecular complexity index is 751. The van der Waals surface area contributed by atoms with Gasteiger partial charge in [0.15, 0.2) is 0 Å². The predicted octanol–water partition coefficient (Wildman–Crippen LogP) is 4.81. The Morgan fingerprint density at radius 3 is 2.56 bits per heavy atom. The number of halogens is 4. The van der Waals surface area contributed by atoms with Crippen molar-refractivity contribution in [1.29, 1.82) is 0 Å². The molecule has 0 atom stereocenters. The molecule has 0 aromatic heterocycles. The maximum Gasteiger partial charge on any atom is 0.416 e. The maximum absolute atomic E-state index is 12.6. The van der Waals surface area contributed by atoms with E-state index in [4.69, 9.17) is 16.3 Å². The molecule has 0 spiro atoms. The highest BCUT2D eigenvalue weighted by Gasteiger charge is 2.30. The number of rotatable bonds is 6. The van der Waals surface area contributed by atoms with Crippen molar-refractivity contribution < 1.29 is 22.7 Å². The molecule has 0 fully saturated rings. The van der Waals surface area contributed by atoms with Gasteiger partial charge in [-0.2, -0.15) is 13.2 Å². The summed E-state index contributed by atoms with van der Waals surface area (Å²) in [6, 6.07) is 9.63. The number of amides is 1. The van der Waals surface area contributed by atoms with Gasteiger partial charge in [-0.15, -0.1) is 0 Å². The van der Waals surface area contributed by atoms with E-state index in [1.807, 2.05) is 0 Å². The van der Waals surface area contributed by atoms with Crippen molar-refractivity contribution >= 4 is 28.9 Å². The topological polar surface area (TPSA) is 50.4 Å². The number of ether oxygens (including phenoxy) is 1. The number of hydrogen-bond acceptors (Lipinski definition) is 3. The second-order valence-corrected chi connectivity index (χ2v) is 5.56. The molecule has 25 heavy (non-hydrogen) atoms. The van der Waals surface area contributed by atoms with Crippen LogP contribution < -0.4 is 15.4 Å². The molecule has 2 aromatic carbocycles. The second kappa shape index (κ2) is 8.11. The number of alkyl halides is 3. The molecular formula is C17H16ClF3N2O2. The van der Waals surface area contributed by atoms with Gasteiger partial charge in [0.2, 0.25) is 5.91 Å². The van der Waals surface area contributed by atoms with Gasteiger partial charge in [0.05, 0.1) is 17.7 Å². The van der Waals surface area contributed by atoms with E-state index in [1.54, 1.807) is 18.2 Å². The minimum absolute atomic E-state index is 0.0832. The average molecular weight is 373 g/mol. The lowest BCUT2D eigenvalue weighted by atomic mass is 10.2. The van der Waals surface area contributed by atoms with E-state index < -0.39 is 11.7 Å². The molecule has 0 radical (unpaired) electrons. The van der Waals surface area contributed by atoms with Crippen molar-refractivity contribution in [1.82, 2.24) is 0 Å². The minimum atomic E-state index is -4.40. The van der Waals surface area contributed by atoms with Crippen LogP contribution in [0.1, 0.15) is 12.0 Å². The van der Waals surface area contributed by atoms with E-state index in [2.05, 4.69) is 10.6 Å². The fourth-order valence-electron chi connectivity index (χ4n) is 2.09. The summed E-state index contributed by atoms with van der Waals surface area (Å²) in [6.45, 7) is 0.191. The molecule has 0 saturated carbocycles. The summed E-state index contributed by atoms with van der Waals surface area (Å²) < 4.78 is 42.9. The van der Waals surface area contributed by atoms with Crippen LogP contribution in [0.3, 0.4) is 0 Å². The fraction of sp³-hybridized carbons (Fsp3) is 0.235. The van der Waals surface area contributed by atoms with Gasteiger partial charge in [0, 0.05) is 24.3 Å². The van der Waals surface area contributed by atoms with Gasteiger partial charge in [0.25, 0.3) is 0 Å². The number of carbonyl (C=O) groups is 1. The number of hydrogen-bond donors (Lipinski definition) is 2. The third kappa shape index (κ3) is 5.56. The van der Waals surface area contributed by atoms with E-state index in [0.717, 1.165) is 12.1 Å². The highest BCUT2D eigenvalue weighted by Crippen LogP contribution is 2.30. The summed E-state index contributed by atoms with van der Waals surface area (Å²) in [5, 5.41) is 5.82. The molecule has 2 rings (SSSR count). The molecule has 0 aliphatic carbocycles. The largest absolute Gasteiger partial charge is 0.495 e. The van der Waals surface area contributed by atoms with Crippen molar-refractivity contribution in [3.8, 4) is 5.75 Å². The maximum atomic E-state index is 12.6. The summed E-state index contributed by atoms with van der Waals surface area (Å²) in [6.07, 6.45) is -4.32. The molecule has 4 nitrogen and oxygen atoms in total. The van der Waals surface area contributed by atoms with Gasteiger partial charge >= 0.3 is 6.18 Å². The third-order valence-electron chi connectivity index (χ3n) is 3.31. The van der Waals surface area contributed by atoms with E-state index in [-0.39, 0.29) is 18.9 Å². The van der Waals surface area contributed by atoms with Crippen LogP contribution in [-0.4, -0.2) is 19.6 Å². The lowest BCUT2D eigenvalue weighted by molar-refractivity contribution is -0.137. The van der Waals surface area contributed by atoms with Crippen molar-refractivity contribution in [3.63, 3.8) is 0 Å². The quantitative estimate of drug-likeness (QED) is 0.765. The highest BCUT2D eigenvalue weighted by molar-refractivity contribution is 6.32. The van der Waals surface area contributed by atoms with E-state index >= 15 is 0 Å². The molecule has 0 unspecified atom stereocenters. The standard InChI is InChI=1S/C17H16ClF3N2O2/c1-25-15-6-5-13(10-14(15)18)23-16(24)7-8-22-12-4-2-3-11(9-12)17(19,20)21/h2-6,9-10,22H,7-8H2,1H3,(H,23,24). The molecule has 0 bridgehead atoms.